The molecule has 0 fully saturated rings. The molecular formula is C25H23N5O3S. The lowest BCUT2D eigenvalue weighted by Gasteiger charge is -2.25. The van der Waals surface area contributed by atoms with Crippen molar-refractivity contribution >= 4 is 28.3 Å². The number of hydrogen-bond donors (Lipinski definition) is 2. The minimum absolute atomic E-state index is 0.120. The maximum absolute atomic E-state index is 12.4. The molecule has 0 aliphatic carbocycles. The number of fused-ring (bicyclic) bond motifs is 1. The molecule has 3 heterocycles. The fraction of sp³-hybridized carbons (Fsp3) is 0.200. The van der Waals surface area contributed by atoms with E-state index < -0.39 is 5.91 Å². The highest BCUT2D eigenvalue weighted by molar-refractivity contribution is 7.15. The van der Waals surface area contributed by atoms with Gasteiger partial charge in [-0.2, -0.15) is 0 Å². The van der Waals surface area contributed by atoms with Gasteiger partial charge in [0.15, 0.2) is 16.6 Å². The van der Waals surface area contributed by atoms with Gasteiger partial charge in [0, 0.05) is 42.6 Å². The van der Waals surface area contributed by atoms with E-state index in [9.17, 15) is 9.59 Å². The molecule has 5 rings (SSSR count). The van der Waals surface area contributed by atoms with Crippen LogP contribution in [0.1, 0.15) is 26.6 Å². The molecule has 0 atom stereocenters. The Morgan fingerprint density at radius 1 is 1.06 bits per heavy atom. The van der Waals surface area contributed by atoms with E-state index in [0.29, 0.717) is 10.9 Å². The summed E-state index contributed by atoms with van der Waals surface area (Å²) < 4.78 is 5.24. The molecule has 34 heavy (non-hydrogen) atoms. The number of amides is 2. The summed E-state index contributed by atoms with van der Waals surface area (Å²) in [6.45, 7) is 2.44. The molecule has 2 N–H and O–H groups in total. The first-order chi connectivity index (χ1) is 16.6. The number of rotatable bonds is 7. The maximum atomic E-state index is 12.4. The Balaban J connectivity index is 1.13. The molecule has 9 heteroatoms. The van der Waals surface area contributed by atoms with Crippen LogP contribution in [0.5, 0.6) is 0 Å². The van der Waals surface area contributed by atoms with Crippen molar-refractivity contribution in [3.05, 3.63) is 88.6 Å². The van der Waals surface area contributed by atoms with Crippen LogP contribution in [-0.4, -0.2) is 39.9 Å². The highest BCUT2D eigenvalue weighted by Crippen LogP contribution is 2.29. The van der Waals surface area contributed by atoms with E-state index in [0.717, 1.165) is 42.2 Å². The van der Waals surface area contributed by atoms with Crippen molar-refractivity contribution in [3.63, 3.8) is 0 Å². The molecule has 0 bridgehead atoms. The number of nitrogens with zero attached hydrogens (tertiary/aromatic N) is 3. The molecule has 4 aromatic rings. The average molecular weight is 474 g/mol. The van der Waals surface area contributed by atoms with Crippen molar-refractivity contribution in [2.75, 3.05) is 18.4 Å². The quantitative estimate of drug-likeness (QED) is 0.424. The Hall–Kier alpha value is -3.82. The van der Waals surface area contributed by atoms with E-state index in [-0.39, 0.29) is 18.1 Å². The van der Waals surface area contributed by atoms with E-state index >= 15 is 0 Å². The van der Waals surface area contributed by atoms with Gasteiger partial charge in [-0.1, -0.05) is 65.8 Å². The fourth-order valence-electron chi connectivity index (χ4n) is 3.81. The number of nitrogens with one attached hydrogen (secondary N) is 2. The highest BCUT2D eigenvalue weighted by Gasteiger charge is 2.22. The van der Waals surface area contributed by atoms with Crippen molar-refractivity contribution in [1.29, 1.82) is 0 Å². The van der Waals surface area contributed by atoms with Crippen LogP contribution in [0.2, 0.25) is 0 Å². The largest absolute Gasteiger partial charge is 0.355 e. The maximum Gasteiger partial charge on any atom is 0.273 e. The van der Waals surface area contributed by atoms with Gasteiger partial charge in [-0.3, -0.25) is 14.5 Å². The van der Waals surface area contributed by atoms with Gasteiger partial charge in [-0.25, -0.2) is 4.98 Å². The zero-order valence-electron chi connectivity index (χ0n) is 18.4. The van der Waals surface area contributed by atoms with Crippen LogP contribution in [0.15, 0.2) is 71.3 Å². The summed E-state index contributed by atoms with van der Waals surface area (Å²) in [5, 5.41) is 9.72. The molecule has 2 aromatic heterocycles. The molecule has 0 radical (unpaired) electrons. The lowest BCUT2D eigenvalue weighted by atomic mass is 10.1. The van der Waals surface area contributed by atoms with Gasteiger partial charge in [-0.15, -0.1) is 11.3 Å². The summed E-state index contributed by atoms with van der Waals surface area (Å²) >= 11 is 1.48. The number of carbonyl (C=O) groups excluding carboxylic acids is 2. The van der Waals surface area contributed by atoms with Gasteiger partial charge in [0.25, 0.3) is 5.91 Å². The van der Waals surface area contributed by atoms with E-state index in [4.69, 9.17) is 4.52 Å². The van der Waals surface area contributed by atoms with E-state index in [1.165, 1.54) is 16.9 Å². The summed E-state index contributed by atoms with van der Waals surface area (Å²) in [5.41, 5.74) is 3.25. The minimum atomic E-state index is -0.476. The van der Waals surface area contributed by atoms with Crippen molar-refractivity contribution in [3.8, 4) is 11.3 Å². The molecule has 8 nitrogen and oxygen atoms in total. The molecular weight excluding hydrogens is 450 g/mol. The number of anilines is 1. The summed E-state index contributed by atoms with van der Waals surface area (Å²) in [7, 11) is 0. The van der Waals surface area contributed by atoms with Crippen LogP contribution < -0.4 is 10.6 Å². The molecule has 0 spiro atoms. The highest BCUT2D eigenvalue weighted by atomic mass is 32.1. The third-order valence-corrected chi connectivity index (χ3v) is 6.51. The minimum Gasteiger partial charge on any atom is -0.355 e. The van der Waals surface area contributed by atoms with Gasteiger partial charge in [-0.05, 0) is 5.56 Å². The van der Waals surface area contributed by atoms with Gasteiger partial charge in [0.2, 0.25) is 5.91 Å². The predicted molar refractivity (Wildman–Crippen MR) is 129 cm³/mol. The normalized spacial score (nSPS) is 13.3. The van der Waals surface area contributed by atoms with Gasteiger partial charge in [0.1, 0.15) is 0 Å². The SMILES string of the molecule is O=C(CNC(=O)c1cc(-c2ccccc2)on1)Nc1nc2c(s1)CN(Cc1ccccc1)CC2. The molecule has 1 aliphatic heterocycles. The first-order valence-electron chi connectivity index (χ1n) is 11.0. The van der Waals surface area contributed by atoms with Crippen LogP contribution in [0.4, 0.5) is 5.13 Å². The lowest BCUT2D eigenvalue weighted by Crippen LogP contribution is -2.33. The van der Waals surface area contributed by atoms with Crippen LogP contribution >= 0.6 is 11.3 Å². The third-order valence-electron chi connectivity index (χ3n) is 5.52. The molecule has 0 saturated heterocycles. The van der Waals surface area contributed by atoms with Crippen LogP contribution in [-0.2, 0) is 24.3 Å². The van der Waals surface area contributed by atoms with Crippen LogP contribution in [0, 0.1) is 0 Å². The molecule has 2 amide bonds. The van der Waals surface area contributed by atoms with Gasteiger partial charge in [0.05, 0.1) is 12.2 Å². The monoisotopic (exact) mass is 473 g/mol. The molecule has 172 valence electrons. The molecule has 0 unspecified atom stereocenters. The number of carbonyl (C=O) groups is 2. The number of benzene rings is 2. The molecule has 2 aromatic carbocycles. The zero-order chi connectivity index (χ0) is 23.3. The van der Waals surface area contributed by atoms with Gasteiger partial charge >= 0.3 is 0 Å². The standard InChI is InChI=1S/C25H23N5O3S/c31-23(14-26-24(32)20-13-21(33-29-20)18-9-5-2-6-10-18)28-25-27-19-11-12-30(16-22(19)34-25)15-17-7-3-1-4-8-17/h1-10,13H,11-12,14-16H2,(H,26,32)(H,27,28,31). The second-order valence-electron chi connectivity index (χ2n) is 8.01. The Bertz CT molecular complexity index is 1290. The van der Waals surface area contributed by atoms with Crippen LogP contribution in [0.3, 0.4) is 0 Å². The Labute approximate surface area is 200 Å². The second kappa shape index (κ2) is 9.98. The summed E-state index contributed by atoms with van der Waals surface area (Å²) in [6, 6.07) is 21.3. The first-order valence-corrected chi connectivity index (χ1v) is 11.8. The van der Waals surface area contributed by atoms with Crippen molar-refractivity contribution in [2.24, 2.45) is 0 Å². The summed E-state index contributed by atoms with van der Waals surface area (Å²) in [5.74, 6) is -0.326. The lowest BCUT2D eigenvalue weighted by molar-refractivity contribution is -0.115. The zero-order valence-corrected chi connectivity index (χ0v) is 19.2. The average Bonchev–Trinajstić information content (AvgIpc) is 3.51. The van der Waals surface area contributed by atoms with Crippen LogP contribution in [0.25, 0.3) is 11.3 Å². The van der Waals surface area contributed by atoms with Crippen molar-refractivity contribution in [1.82, 2.24) is 20.4 Å². The smallest absolute Gasteiger partial charge is 0.273 e. The Kier molecular flexibility index (Phi) is 6.46. The number of hydrogen-bond acceptors (Lipinski definition) is 7. The summed E-state index contributed by atoms with van der Waals surface area (Å²) in [4.78, 5) is 32.9. The molecule has 1 aliphatic rings. The molecule has 0 saturated carbocycles. The summed E-state index contributed by atoms with van der Waals surface area (Å²) in [6.07, 6.45) is 0.848. The van der Waals surface area contributed by atoms with Crippen molar-refractivity contribution in [2.45, 2.75) is 19.5 Å². The topological polar surface area (TPSA) is 100 Å². The third kappa shape index (κ3) is 5.22. The Morgan fingerprint density at radius 2 is 1.82 bits per heavy atom. The van der Waals surface area contributed by atoms with Crippen molar-refractivity contribution < 1.29 is 14.1 Å². The fourth-order valence-corrected chi connectivity index (χ4v) is 4.88. The predicted octanol–water partition coefficient (Wildman–Crippen LogP) is 3.72. The first kappa shape index (κ1) is 22.0. The van der Waals surface area contributed by atoms with E-state index in [1.54, 1.807) is 6.07 Å². The second-order valence-corrected chi connectivity index (χ2v) is 9.09. The van der Waals surface area contributed by atoms with E-state index in [1.807, 2.05) is 36.4 Å². The number of thiazole rings is 1. The van der Waals surface area contributed by atoms with E-state index in [2.05, 4.69) is 49.9 Å². The Morgan fingerprint density at radius 3 is 2.62 bits per heavy atom. The number of aromatic nitrogens is 2. The van der Waals surface area contributed by atoms with Gasteiger partial charge < -0.3 is 15.2 Å².